The summed E-state index contributed by atoms with van der Waals surface area (Å²) in [6.07, 6.45) is 2.08. The van der Waals surface area contributed by atoms with Crippen LogP contribution in [0.2, 0.25) is 0 Å². The molecule has 0 atom stereocenters. The van der Waals surface area contributed by atoms with E-state index in [1.54, 1.807) is 0 Å². The molecule has 1 aliphatic carbocycles. The predicted molar refractivity (Wildman–Crippen MR) is 74.1 cm³/mol. The first kappa shape index (κ1) is 13.8. The number of hydrogen-bond acceptors (Lipinski definition) is 2. The van der Waals surface area contributed by atoms with Crippen LogP contribution in [0, 0.1) is 5.92 Å². The fourth-order valence-corrected chi connectivity index (χ4v) is 4.04. The average molecular weight is 288 g/mol. The van der Waals surface area contributed by atoms with Crippen LogP contribution in [0.15, 0.2) is 30.3 Å². The van der Waals surface area contributed by atoms with Gasteiger partial charge in [-0.25, -0.2) is 8.42 Å². The lowest BCUT2D eigenvalue weighted by atomic mass is 10.2. The molecule has 1 aliphatic rings. The van der Waals surface area contributed by atoms with Gasteiger partial charge in [0.05, 0.1) is 5.75 Å². The zero-order chi connectivity index (χ0) is 13.0. The Kier molecular flexibility index (Phi) is 4.65. The van der Waals surface area contributed by atoms with Gasteiger partial charge in [-0.1, -0.05) is 30.3 Å². The van der Waals surface area contributed by atoms with Gasteiger partial charge < -0.3 is 0 Å². The third kappa shape index (κ3) is 3.97. The summed E-state index contributed by atoms with van der Waals surface area (Å²) in [5.41, 5.74) is 1.00. The summed E-state index contributed by atoms with van der Waals surface area (Å²) in [4.78, 5) is 0. The molecule has 0 spiro atoms. The Bertz CT molecular complexity index is 471. The van der Waals surface area contributed by atoms with Crippen LogP contribution < -0.4 is 0 Å². The lowest BCUT2D eigenvalue weighted by Crippen LogP contribution is -2.34. The number of benzene rings is 1. The molecule has 0 radical (unpaired) electrons. The number of nitrogens with zero attached hydrogens (tertiary/aromatic N) is 1. The molecular formula is C13H18ClNO2S. The van der Waals surface area contributed by atoms with Crippen molar-refractivity contribution in [2.24, 2.45) is 5.92 Å². The fraction of sp³-hybridized carbons (Fsp3) is 0.538. The molecule has 18 heavy (non-hydrogen) atoms. The minimum atomic E-state index is -3.17. The molecule has 0 heterocycles. The Morgan fingerprint density at radius 1 is 1.22 bits per heavy atom. The molecule has 2 rings (SSSR count). The van der Waals surface area contributed by atoms with Crippen molar-refractivity contribution in [1.29, 1.82) is 0 Å². The quantitative estimate of drug-likeness (QED) is 0.723. The second kappa shape index (κ2) is 6.04. The Labute approximate surface area is 114 Å². The van der Waals surface area contributed by atoms with Crippen molar-refractivity contribution in [2.45, 2.75) is 19.4 Å². The number of alkyl halides is 1. The van der Waals surface area contributed by atoms with Crippen molar-refractivity contribution in [3.05, 3.63) is 35.9 Å². The highest BCUT2D eigenvalue weighted by Gasteiger charge is 2.31. The number of hydrogen-bond donors (Lipinski definition) is 0. The van der Waals surface area contributed by atoms with E-state index in [2.05, 4.69) is 0 Å². The lowest BCUT2D eigenvalue weighted by molar-refractivity contribution is 0.423. The van der Waals surface area contributed by atoms with Gasteiger partial charge in [0, 0.05) is 19.0 Å². The van der Waals surface area contributed by atoms with Gasteiger partial charge in [-0.3, -0.25) is 0 Å². The van der Waals surface area contributed by atoms with Gasteiger partial charge in [0.25, 0.3) is 0 Å². The smallest absolute Gasteiger partial charge is 0.212 e. The molecule has 5 heteroatoms. The maximum Gasteiger partial charge on any atom is 0.214 e. The summed E-state index contributed by atoms with van der Waals surface area (Å²) >= 11 is 5.71. The summed E-state index contributed by atoms with van der Waals surface area (Å²) in [5, 5.41) is 0. The Morgan fingerprint density at radius 2 is 1.89 bits per heavy atom. The van der Waals surface area contributed by atoms with E-state index in [9.17, 15) is 8.42 Å². The number of sulfonamides is 1. The third-order valence-corrected chi connectivity index (χ3v) is 5.23. The van der Waals surface area contributed by atoms with E-state index in [4.69, 9.17) is 11.6 Å². The molecule has 0 amide bonds. The van der Waals surface area contributed by atoms with E-state index in [-0.39, 0.29) is 5.75 Å². The maximum atomic E-state index is 12.2. The second-order valence-corrected chi connectivity index (χ2v) is 7.12. The predicted octanol–water partition coefficient (Wildman–Crippen LogP) is 2.47. The van der Waals surface area contributed by atoms with E-state index in [0.717, 1.165) is 18.4 Å². The van der Waals surface area contributed by atoms with Gasteiger partial charge in [-0.15, -0.1) is 11.6 Å². The van der Waals surface area contributed by atoms with Gasteiger partial charge in [0.15, 0.2) is 0 Å². The highest BCUT2D eigenvalue weighted by molar-refractivity contribution is 7.89. The molecule has 0 saturated heterocycles. The summed E-state index contributed by atoms with van der Waals surface area (Å²) in [6.45, 7) is 0.800. The average Bonchev–Trinajstić information content (AvgIpc) is 3.13. The summed E-state index contributed by atoms with van der Waals surface area (Å²) in [6, 6.07) is 9.64. The highest BCUT2D eigenvalue weighted by Crippen LogP contribution is 2.31. The minimum Gasteiger partial charge on any atom is -0.212 e. The van der Waals surface area contributed by atoms with Crippen LogP contribution in [-0.4, -0.2) is 30.9 Å². The van der Waals surface area contributed by atoms with Gasteiger partial charge in [0.1, 0.15) is 0 Å². The topological polar surface area (TPSA) is 37.4 Å². The van der Waals surface area contributed by atoms with Gasteiger partial charge in [-0.2, -0.15) is 4.31 Å². The Hall–Kier alpha value is -0.580. The first-order chi connectivity index (χ1) is 8.62. The fourth-order valence-electron chi connectivity index (χ4n) is 1.89. The monoisotopic (exact) mass is 287 g/mol. The van der Waals surface area contributed by atoms with Crippen LogP contribution in [0.4, 0.5) is 0 Å². The molecule has 0 N–H and O–H groups in total. The Morgan fingerprint density at radius 3 is 2.44 bits per heavy atom. The van der Waals surface area contributed by atoms with E-state index in [1.807, 2.05) is 30.3 Å². The zero-order valence-corrected chi connectivity index (χ0v) is 11.8. The van der Waals surface area contributed by atoms with Crippen molar-refractivity contribution in [2.75, 3.05) is 18.2 Å². The Balaban J connectivity index is 2.07. The van der Waals surface area contributed by atoms with Crippen molar-refractivity contribution in [3.8, 4) is 0 Å². The van der Waals surface area contributed by atoms with Crippen LogP contribution in [0.3, 0.4) is 0 Å². The van der Waals surface area contributed by atoms with Crippen molar-refractivity contribution in [1.82, 2.24) is 4.31 Å². The molecule has 1 saturated carbocycles. The van der Waals surface area contributed by atoms with Crippen LogP contribution >= 0.6 is 11.6 Å². The van der Waals surface area contributed by atoms with Crippen LogP contribution in [0.1, 0.15) is 18.4 Å². The summed E-state index contributed by atoms with van der Waals surface area (Å²) < 4.78 is 26.0. The lowest BCUT2D eigenvalue weighted by Gasteiger charge is -2.21. The zero-order valence-electron chi connectivity index (χ0n) is 10.3. The second-order valence-electron chi connectivity index (χ2n) is 4.73. The molecule has 1 fully saturated rings. The van der Waals surface area contributed by atoms with Crippen LogP contribution in [0.5, 0.6) is 0 Å². The van der Waals surface area contributed by atoms with E-state index in [1.165, 1.54) is 4.31 Å². The standard InChI is InChI=1S/C13H18ClNO2S/c14-8-9-15(10-12-4-2-1-3-5-12)18(16,17)11-13-6-7-13/h1-5,13H,6-11H2. The maximum absolute atomic E-state index is 12.2. The molecular weight excluding hydrogens is 270 g/mol. The van der Waals surface area contributed by atoms with Crippen LogP contribution in [0.25, 0.3) is 0 Å². The molecule has 0 bridgehead atoms. The van der Waals surface area contributed by atoms with Crippen LogP contribution in [-0.2, 0) is 16.6 Å². The minimum absolute atomic E-state index is 0.275. The number of halogens is 1. The molecule has 0 aromatic heterocycles. The van der Waals surface area contributed by atoms with Gasteiger partial charge in [-0.05, 0) is 24.3 Å². The normalized spacial score (nSPS) is 16.1. The summed E-state index contributed by atoms with van der Waals surface area (Å²) in [5.74, 6) is 0.969. The largest absolute Gasteiger partial charge is 0.214 e. The molecule has 0 unspecified atom stereocenters. The van der Waals surface area contributed by atoms with Crippen molar-refractivity contribution >= 4 is 21.6 Å². The number of rotatable bonds is 7. The highest BCUT2D eigenvalue weighted by atomic mass is 35.5. The SMILES string of the molecule is O=S(=O)(CC1CC1)N(CCCl)Cc1ccccc1. The van der Waals surface area contributed by atoms with E-state index in [0.29, 0.717) is 24.9 Å². The molecule has 1 aromatic carbocycles. The molecule has 0 aliphatic heterocycles. The molecule has 100 valence electrons. The summed E-state index contributed by atoms with van der Waals surface area (Å²) in [7, 11) is -3.17. The molecule has 3 nitrogen and oxygen atoms in total. The molecule has 1 aromatic rings. The van der Waals surface area contributed by atoms with Gasteiger partial charge >= 0.3 is 0 Å². The first-order valence-electron chi connectivity index (χ1n) is 6.19. The first-order valence-corrected chi connectivity index (χ1v) is 8.34. The van der Waals surface area contributed by atoms with Gasteiger partial charge in [0.2, 0.25) is 10.0 Å². The van der Waals surface area contributed by atoms with Crippen molar-refractivity contribution in [3.63, 3.8) is 0 Å². The third-order valence-electron chi connectivity index (χ3n) is 3.07. The van der Waals surface area contributed by atoms with Crippen molar-refractivity contribution < 1.29 is 8.42 Å². The van der Waals surface area contributed by atoms with E-state index >= 15 is 0 Å². The van der Waals surface area contributed by atoms with E-state index < -0.39 is 10.0 Å².